The average molecular weight is 370 g/mol. The molecule has 1 aliphatic heterocycles. The molecular formula is C20H26N4O3. The van der Waals surface area contributed by atoms with Crippen LogP contribution < -0.4 is 19.7 Å². The molecule has 0 saturated carbocycles. The maximum absolute atomic E-state index is 12.1. The Balaban J connectivity index is 1.50. The van der Waals surface area contributed by atoms with Gasteiger partial charge in [-0.05, 0) is 30.8 Å². The predicted molar refractivity (Wildman–Crippen MR) is 106 cm³/mol. The van der Waals surface area contributed by atoms with Crippen molar-refractivity contribution in [3.8, 4) is 11.5 Å². The molecule has 0 bridgehead atoms. The van der Waals surface area contributed by atoms with Crippen LogP contribution in [0.15, 0.2) is 42.6 Å². The number of aromatic nitrogens is 1. The van der Waals surface area contributed by atoms with Gasteiger partial charge in [-0.15, -0.1) is 0 Å². The van der Waals surface area contributed by atoms with Crippen LogP contribution in [0.2, 0.25) is 0 Å². The van der Waals surface area contributed by atoms with E-state index in [1.54, 1.807) is 25.4 Å². The maximum Gasteiger partial charge on any atom is 0.263 e. The second kappa shape index (κ2) is 9.23. The molecule has 1 aromatic carbocycles. The second-order valence-corrected chi connectivity index (χ2v) is 6.31. The minimum absolute atomic E-state index is 0.108. The molecule has 1 saturated heterocycles. The quantitative estimate of drug-likeness (QED) is 0.806. The van der Waals surface area contributed by atoms with Crippen molar-refractivity contribution >= 4 is 17.4 Å². The summed E-state index contributed by atoms with van der Waals surface area (Å²) < 4.78 is 10.7. The van der Waals surface area contributed by atoms with Crippen LogP contribution in [-0.4, -0.2) is 62.2 Å². The molecule has 144 valence electrons. The highest BCUT2D eigenvalue weighted by Crippen LogP contribution is 2.25. The van der Waals surface area contributed by atoms with E-state index >= 15 is 0 Å². The Kier molecular flexibility index (Phi) is 6.49. The molecule has 0 atom stereocenters. The van der Waals surface area contributed by atoms with E-state index in [0.717, 1.165) is 38.4 Å². The van der Waals surface area contributed by atoms with Crippen molar-refractivity contribution in [1.29, 1.82) is 0 Å². The fourth-order valence-electron chi connectivity index (χ4n) is 3.03. The first-order valence-electron chi connectivity index (χ1n) is 9.18. The zero-order valence-corrected chi connectivity index (χ0v) is 15.9. The molecular weight excluding hydrogens is 344 g/mol. The monoisotopic (exact) mass is 370 g/mol. The summed E-state index contributed by atoms with van der Waals surface area (Å²) in [5.41, 5.74) is 1.08. The van der Waals surface area contributed by atoms with E-state index in [9.17, 15) is 4.79 Å². The number of carbonyl (C=O) groups excluding carboxylic acids is 1. The molecule has 2 aromatic rings. The third-order valence-corrected chi connectivity index (χ3v) is 4.63. The van der Waals surface area contributed by atoms with Crippen LogP contribution in [-0.2, 0) is 4.79 Å². The zero-order valence-electron chi connectivity index (χ0n) is 15.9. The normalized spacial score (nSPS) is 14.7. The van der Waals surface area contributed by atoms with Crippen LogP contribution in [0.3, 0.4) is 0 Å². The van der Waals surface area contributed by atoms with Crippen LogP contribution in [0.1, 0.15) is 6.92 Å². The Bertz CT molecular complexity index is 743. The van der Waals surface area contributed by atoms with Gasteiger partial charge in [-0.2, -0.15) is 0 Å². The number of nitrogens with one attached hydrogen (secondary N) is 1. The molecule has 1 aliphatic rings. The Hall–Kier alpha value is -2.80. The van der Waals surface area contributed by atoms with Crippen LogP contribution >= 0.6 is 0 Å². The summed E-state index contributed by atoms with van der Waals surface area (Å²) in [5, 5.41) is 2.75. The highest BCUT2D eigenvalue weighted by molar-refractivity contribution is 5.91. The van der Waals surface area contributed by atoms with Crippen LogP contribution in [0.4, 0.5) is 11.5 Å². The van der Waals surface area contributed by atoms with Gasteiger partial charge in [0.05, 0.1) is 19.0 Å². The number of benzene rings is 1. The number of hydrogen-bond donors (Lipinski definition) is 1. The molecule has 7 nitrogen and oxygen atoms in total. The van der Waals surface area contributed by atoms with Crippen LogP contribution in [0.25, 0.3) is 0 Å². The summed E-state index contributed by atoms with van der Waals surface area (Å²) in [6.07, 6.45) is 1.80. The number of nitrogens with zero attached hydrogens (tertiary/aromatic N) is 3. The fraction of sp³-hybridized carbons (Fsp3) is 0.400. The number of pyridine rings is 1. The van der Waals surface area contributed by atoms with Gasteiger partial charge in [-0.25, -0.2) is 4.98 Å². The SMILES string of the molecule is CCN1CCN(c2ccc(NC(=O)COc3ccccc3OC)nc2)CC1. The van der Waals surface area contributed by atoms with Crippen molar-refractivity contribution in [2.45, 2.75) is 6.92 Å². The van der Waals surface area contributed by atoms with Crippen molar-refractivity contribution in [2.24, 2.45) is 0 Å². The summed E-state index contributed by atoms with van der Waals surface area (Å²) in [7, 11) is 1.57. The lowest BCUT2D eigenvalue weighted by Crippen LogP contribution is -2.46. The van der Waals surface area contributed by atoms with Crippen molar-refractivity contribution < 1.29 is 14.3 Å². The van der Waals surface area contributed by atoms with Crippen molar-refractivity contribution in [1.82, 2.24) is 9.88 Å². The summed E-state index contributed by atoms with van der Waals surface area (Å²) in [6, 6.07) is 11.0. The number of piperazine rings is 1. The van der Waals surface area contributed by atoms with Crippen LogP contribution in [0.5, 0.6) is 11.5 Å². The van der Waals surface area contributed by atoms with Gasteiger partial charge in [0.1, 0.15) is 5.82 Å². The second-order valence-electron chi connectivity index (χ2n) is 6.31. The number of amides is 1. The van der Waals surface area contributed by atoms with E-state index in [1.807, 2.05) is 24.3 Å². The number of hydrogen-bond acceptors (Lipinski definition) is 6. The van der Waals surface area contributed by atoms with Crippen molar-refractivity contribution in [3.63, 3.8) is 0 Å². The summed E-state index contributed by atoms with van der Waals surface area (Å²) in [4.78, 5) is 21.2. The zero-order chi connectivity index (χ0) is 19.1. The van der Waals surface area contributed by atoms with Gasteiger partial charge in [-0.1, -0.05) is 19.1 Å². The number of methoxy groups -OCH3 is 1. The first-order valence-corrected chi connectivity index (χ1v) is 9.18. The van der Waals surface area contributed by atoms with Crippen molar-refractivity contribution in [3.05, 3.63) is 42.6 Å². The van der Waals surface area contributed by atoms with E-state index in [0.29, 0.717) is 17.3 Å². The lowest BCUT2D eigenvalue weighted by atomic mass is 10.2. The molecule has 27 heavy (non-hydrogen) atoms. The number of rotatable bonds is 7. The molecule has 2 heterocycles. The van der Waals surface area contributed by atoms with Gasteiger partial charge in [0.15, 0.2) is 18.1 Å². The van der Waals surface area contributed by atoms with E-state index in [1.165, 1.54) is 0 Å². The first-order chi connectivity index (χ1) is 13.2. The molecule has 1 amide bonds. The minimum Gasteiger partial charge on any atom is -0.493 e. The average Bonchev–Trinajstić information content (AvgIpc) is 2.73. The Morgan fingerprint density at radius 3 is 2.48 bits per heavy atom. The van der Waals surface area contributed by atoms with E-state index < -0.39 is 0 Å². The van der Waals surface area contributed by atoms with E-state index in [2.05, 4.69) is 27.0 Å². The van der Waals surface area contributed by atoms with Crippen molar-refractivity contribution in [2.75, 3.05) is 56.7 Å². The number of ether oxygens (including phenoxy) is 2. The molecule has 0 radical (unpaired) electrons. The fourth-order valence-corrected chi connectivity index (χ4v) is 3.03. The highest BCUT2D eigenvalue weighted by Gasteiger charge is 2.16. The van der Waals surface area contributed by atoms with Crippen LogP contribution in [0, 0.1) is 0 Å². The van der Waals surface area contributed by atoms with Gasteiger partial charge < -0.3 is 24.6 Å². The summed E-state index contributed by atoms with van der Waals surface area (Å²) >= 11 is 0. The predicted octanol–water partition coefficient (Wildman–Crippen LogP) is 2.25. The number of likely N-dealkylation sites (N-methyl/N-ethyl adjacent to an activating group) is 1. The molecule has 0 aliphatic carbocycles. The summed E-state index contributed by atoms with van der Waals surface area (Å²) in [5.74, 6) is 1.37. The van der Waals surface area contributed by atoms with E-state index in [-0.39, 0.29) is 12.5 Å². The van der Waals surface area contributed by atoms with Gasteiger partial charge >= 0.3 is 0 Å². The molecule has 0 spiro atoms. The first kappa shape index (κ1) is 19.0. The molecule has 0 unspecified atom stereocenters. The maximum atomic E-state index is 12.1. The topological polar surface area (TPSA) is 66.9 Å². The lowest BCUT2D eigenvalue weighted by molar-refractivity contribution is -0.118. The summed E-state index contributed by atoms with van der Waals surface area (Å²) in [6.45, 7) is 7.29. The van der Waals surface area contributed by atoms with E-state index in [4.69, 9.17) is 9.47 Å². The third-order valence-electron chi connectivity index (χ3n) is 4.63. The number of anilines is 2. The van der Waals surface area contributed by atoms with Gasteiger partial charge in [0.25, 0.3) is 5.91 Å². The van der Waals surface area contributed by atoms with Gasteiger partial charge in [-0.3, -0.25) is 4.79 Å². The molecule has 7 heteroatoms. The lowest BCUT2D eigenvalue weighted by Gasteiger charge is -2.35. The minimum atomic E-state index is -0.266. The van der Waals surface area contributed by atoms with Gasteiger partial charge in [0, 0.05) is 26.2 Å². The molecule has 1 N–H and O–H groups in total. The Labute approximate surface area is 159 Å². The molecule has 1 fully saturated rings. The largest absolute Gasteiger partial charge is 0.493 e. The number of para-hydroxylation sites is 2. The Morgan fingerprint density at radius 1 is 1.11 bits per heavy atom. The highest BCUT2D eigenvalue weighted by atomic mass is 16.5. The van der Waals surface area contributed by atoms with Gasteiger partial charge in [0.2, 0.25) is 0 Å². The standard InChI is InChI=1S/C20H26N4O3/c1-3-23-10-12-24(13-11-23)16-8-9-19(21-14-16)22-20(25)15-27-18-7-5-4-6-17(18)26-2/h4-9,14H,3,10-13,15H2,1-2H3,(H,21,22,25). The number of carbonyl (C=O) groups is 1. The smallest absolute Gasteiger partial charge is 0.263 e. The Morgan fingerprint density at radius 2 is 1.85 bits per heavy atom. The third kappa shape index (κ3) is 5.10. The molecule has 3 rings (SSSR count). The molecule has 1 aromatic heterocycles.